The number of para-hydroxylation sites is 1. The third-order valence-corrected chi connectivity index (χ3v) is 9.08. The van der Waals surface area contributed by atoms with Gasteiger partial charge >= 0.3 is 0 Å². The van der Waals surface area contributed by atoms with Crippen molar-refractivity contribution in [1.82, 2.24) is 19.7 Å². The van der Waals surface area contributed by atoms with Crippen molar-refractivity contribution >= 4 is 59.4 Å². The number of nitrogens with one attached hydrogen (secondary N) is 2. The minimum Gasteiger partial charge on any atom is -0.288 e. The van der Waals surface area contributed by atoms with Gasteiger partial charge in [-0.05, 0) is 43.3 Å². The highest BCUT2D eigenvalue weighted by atomic mass is 32.2. The number of benzene rings is 3. The number of H-pyrrole nitrogens is 1. The van der Waals surface area contributed by atoms with Crippen molar-refractivity contribution in [2.24, 2.45) is 4.99 Å². The molecule has 0 bridgehead atoms. The first kappa shape index (κ1) is 24.9. The number of anilines is 1. The van der Waals surface area contributed by atoms with Gasteiger partial charge in [-0.25, -0.2) is 18.4 Å². The fraction of sp³-hybridized carbons (Fsp3) is 0.0370. The molecule has 0 atom stereocenters. The lowest BCUT2D eigenvalue weighted by molar-refractivity contribution is 0.601. The molecule has 12 heteroatoms. The maximum Gasteiger partial charge on any atom is 0.283 e. The Balaban J connectivity index is 1.39. The number of fused-ring (bicyclic) bond motifs is 1. The Kier molecular flexibility index (Phi) is 6.43. The van der Waals surface area contributed by atoms with E-state index in [4.69, 9.17) is 0 Å². The van der Waals surface area contributed by atoms with Gasteiger partial charge < -0.3 is 0 Å². The average Bonchev–Trinajstić information content (AvgIpc) is 3.68. The Morgan fingerprint density at radius 1 is 1.00 bits per heavy atom. The van der Waals surface area contributed by atoms with E-state index in [9.17, 15) is 13.2 Å². The Labute approximate surface area is 231 Å². The average molecular weight is 573 g/mol. The molecule has 0 unspecified atom stereocenters. The lowest BCUT2D eigenvalue weighted by Crippen LogP contribution is -2.19. The van der Waals surface area contributed by atoms with Crippen LogP contribution in [0.3, 0.4) is 0 Å². The standard InChI is InChI=1S/C27H20N6O3S3/c1-17(29-19-11-13-20(14-12-19)39(35,36)32-26-28-15-16-37-26)23-24(18-7-3-2-4-8-18)31-33(25(23)34)27-30-21-9-5-6-10-22(21)38-27/h2-16,31H,1H3,(H,28,32). The predicted octanol–water partition coefficient (Wildman–Crippen LogP) is 5.84. The molecular formula is C27H20N6O3S3. The second kappa shape index (κ2) is 10.1. The molecule has 0 spiro atoms. The molecule has 3 aromatic carbocycles. The molecule has 39 heavy (non-hydrogen) atoms. The summed E-state index contributed by atoms with van der Waals surface area (Å²) in [6.07, 6.45) is 1.53. The van der Waals surface area contributed by atoms with Gasteiger partial charge in [-0.1, -0.05) is 53.8 Å². The van der Waals surface area contributed by atoms with E-state index < -0.39 is 10.0 Å². The molecule has 2 N–H and O–H groups in total. The highest BCUT2D eigenvalue weighted by Gasteiger charge is 2.21. The molecular weight excluding hydrogens is 553 g/mol. The number of aromatic nitrogens is 4. The fourth-order valence-corrected chi connectivity index (χ4v) is 6.79. The summed E-state index contributed by atoms with van der Waals surface area (Å²) in [6, 6.07) is 23.4. The molecule has 0 amide bonds. The zero-order valence-corrected chi connectivity index (χ0v) is 22.8. The fourth-order valence-electron chi connectivity index (χ4n) is 4.07. The first-order chi connectivity index (χ1) is 18.9. The van der Waals surface area contributed by atoms with Gasteiger partial charge in [0.2, 0.25) is 5.13 Å². The first-order valence-electron chi connectivity index (χ1n) is 11.7. The summed E-state index contributed by atoms with van der Waals surface area (Å²) < 4.78 is 30.2. The van der Waals surface area contributed by atoms with Gasteiger partial charge in [0.15, 0.2) is 5.13 Å². The van der Waals surface area contributed by atoms with E-state index >= 15 is 0 Å². The predicted molar refractivity (Wildman–Crippen MR) is 156 cm³/mol. The Hall–Kier alpha value is -4.39. The van der Waals surface area contributed by atoms with Gasteiger partial charge in [-0.15, -0.1) is 11.3 Å². The number of nitrogens with zero attached hydrogens (tertiary/aromatic N) is 4. The van der Waals surface area contributed by atoms with Gasteiger partial charge in [0.25, 0.3) is 15.6 Å². The number of aliphatic imine (C=N–C) groups is 1. The van der Waals surface area contributed by atoms with Crippen LogP contribution in [0, 0.1) is 0 Å². The van der Waals surface area contributed by atoms with E-state index in [1.54, 1.807) is 24.4 Å². The third kappa shape index (κ3) is 4.92. The molecule has 3 aromatic heterocycles. The summed E-state index contributed by atoms with van der Waals surface area (Å²) in [7, 11) is -3.78. The van der Waals surface area contributed by atoms with Crippen molar-refractivity contribution in [3.05, 3.63) is 106 Å². The Morgan fingerprint density at radius 2 is 1.74 bits per heavy atom. The molecule has 194 valence electrons. The second-order valence-corrected chi connectivity index (χ2v) is 12.1. The summed E-state index contributed by atoms with van der Waals surface area (Å²) in [5, 5.41) is 5.75. The normalized spacial score (nSPS) is 12.2. The van der Waals surface area contributed by atoms with Gasteiger partial charge in [0.1, 0.15) is 0 Å². The van der Waals surface area contributed by atoms with Crippen molar-refractivity contribution in [2.75, 3.05) is 4.72 Å². The minimum absolute atomic E-state index is 0.0825. The van der Waals surface area contributed by atoms with Crippen molar-refractivity contribution in [2.45, 2.75) is 11.8 Å². The monoisotopic (exact) mass is 572 g/mol. The lowest BCUT2D eigenvalue weighted by Gasteiger charge is -2.06. The maximum atomic E-state index is 13.7. The minimum atomic E-state index is -3.78. The van der Waals surface area contributed by atoms with Crippen LogP contribution in [-0.2, 0) is 10.0 Å². The lowest BCUT2D eigenvalue weighted by atomic mass is 10.1. The molecule has 0 aliphatic carbocycles. The zero-order valence-electron chi connectivity index (χ0n) is 20.4. The topological polar surface area (TPSA) is 122 Å². The molecule has 0 fully saturated rings. The van der Waals surface area contributed by atoms with Crippen LogP contribution in [0.2, 0.25) is 0 Å². The van der Waals surface area contributed by atoms with Gasteiger partial charge in [0.05, 0.1) is 37.8 Å². The SMILES string of the molecule is CC(=Nc1ccc(S(=O)(=O)Nc2nccs2)cc1)c1c(-c2ccccc2)[nH]n(-c2nc3ccccc3s2)c1=O. The number of rotatable bonds is 7. The number of hydrogen-bond acceptors (Lipinski definition) is 8. The molecule has 3 heterocycles. The number of thiazole rings is 2. The van der Waals surface area contributed by atoms with E-state index in [2.05, 4.69) is 24.8 Å². The van der Waals surface area contributed by atoms with Gasteiger partial charge in [0, 0.05) is 17.1 Å². The van der Waals surface area contributed by atoms with Crippen LogP contribution >= 0.6 is 22.7 Å². The summed E-state index contributed by atoms with van der Waals surface area (Å²) in [5.74, 6) is 0. The molecule has 0 aliphatic rings. The Morgan fingerprint density at radius 3 is 2.46 bits per heavy atom. The van der Waals surface area contributed by atoms with Crippen LogP contribution in [0.15, 0.2) is 105 Å². The molecule has 0 saturated carbocycles. The van der Waals surface area contributed by atoms with Crippen LogP contribution in [0.4, 0.5) is 10.8 Å². The van der Waals surface area contributed by atoms with Crippen LogP contribution in [-0.4, -0.2) is 33.9 Å². The quantitative estimate of drug-likeness (QED) is 0.233. The summed E-state index contributed by atoms with van der Waals surface area (Å²) in [5.41, 5.74) is 3.37. The highest BCUT2D eigenvalue weighted by molar-refractivity contribution is 7.93. The van der Waals surface area contributed by atoms with Gasteiger partial charge in [-0.2, -0.15) is 4.68 Å². The maximum absolute atomic E-state index is 13.7. The second-order valence-electron chi connectivity index (χ2n) is 8.47. The van der Waals surface area contributed by atoms with Crippen molar-refractivity contribution in [1.29, 1.82) is 0 Å². The van der Waals surface area contributed by atoms with E-state index in [1.807, 2.05) is 54.6 Å². The summed E-state index contributed by atoms with van der Waals surface area (Å²) in [6.45, 7) is 1.76. The summed E-state index contributed by atoms with van der Waals surface area (Å²) >= 11 is 2.61. The zero-order chi connectivity index (χ0) is 27.0. The van der Waals surface area contributed by atoms with Crippen molar-refractivity contribution in [3.8, 4) is 16.4 Å². The molecule has 6 rings (SSSR count). The number of sulfonamides is 1. The van der Waals surface area contributed by atoms with Gasteiger partial charge in [-0.3, -0.25) is 19.6 Å². The summed E-state index contributed by atoms with van der Waals surface area (Å²) in [4.78, 5) is 27.1. The van der Waals surface area contributed by atoms with E-state index in [0.717, 1.165) is 15.8 Å². The highest BCUT2D eigenvalue weighted by Crippen LogP contribution is 2.27. The van der Waals surface area contributed by atoms with Crippen LogP contribution in [0.5, 0.6) is 0 Å². The van der Waals surface area contributed by atoms with Crippen LogP contribution in [0.1, 0.15) is 12.5 Å². The molecule has 0 saturated heterocycles. The number of hydrogen-bond donors (Lipinski definition) is 2. The van der Waals surface area contributed by atoms with Crippen LogP contribution < -0.4 is 10.3 Å². The van der Waals surface area contributed by atoms with Crippen molar-refractivity contribution in [3.63, 3.8) is 0 Å². The first-order valence-corrected chi connectivity index (χ1v) is 14.9. The molecule has 0 aliphatic heterocycles. The molecule has 6 aromatic rings. The molecule has 0 radical (unpaired) electrons. The van der Waals surface area contributed by atoms with E-state index in [1.165, 1.54) is 45.7 Å². The molecule has 9 nitrogen and oxygen atoms in total. The van der Waals surface area contributed by atoms with E-state index in [-0.39, 0.29) is 10.5 Å². The number of aromatic amines is 1. The van der Waals surface area contributed by atoms with E-state index in [0.29, 0.717) is 32.9 Å². The van der Waals surface area contributed by atoms with Crippen molar-refractivity contribution < 1.29 is 8.42 Å². The smallest absolute Gasteiger partial charge is 0.283 e. The van der Waals surface area contributed by atoms with Crippen LogP contribution in [0.25, 0.3) is 26.6 Å². The largest absolute Gasteiger partial charge is 0.288 e. The third-order valence-electron chi connectivity index (χ3n) is 5.89. The Bertz CT molecular complexity index is 1940.